The highest BCUT2D eigenvalue weighted by molar-refractivity contribution is 6.12. The second-order valence-corrected chi connectivity index (χ2v) is 19.1. The number of benzene rings is 5. The third-order valence-electron chi connectivity index (χ3n) is 11.0. The van der Waals surface area contributed by atoms with Crippen LogP contribution < -0.4 is 0 Å². The van der Waals surface area contributed by atoms with Crippen LogP contribution in [0.5, 0.6) is 0 Å². The average Bonchev–Trinajstić information content (AvgIpc) is 3.54. The third kappa shape index (κ3) is 5.81. The Labute approximate surface area is 309 Å². The zero-order valence-corrected chi connectivity index (χ0v) is 33.3. The van der Waals surface area contributed by atoms with Crippen LogP contribution in [-0.2, 0) is 21.7 Å². The van der Waals surface area contributed by atoms with Crippen LogP contribution in [0.25, 0.3) is 55.0 Å². The first-order chi connectivity index (χ1) is 24.1. The first kappa shape index (κ1) is 35.6. The fraction of sp³-hybridized carbons (Fsp3) is 0.354. The Hall–Kier alpha value is -4.83. The van der Waals surface area contributed by atoms with Gasteiger partial charge in [0.15, 0.2) is 0 Å². The quantitative estimate of drug-likeness (QED) is 0.201. The van der Waals surface area contributed by atoms with E-state index in [1.165, 1.54) is 43.8 Å². The number of nitrogens with zero attached hydrogens (tertiary/aromatic N) is 2. The van der Waals surface area contributed by atoms with Crippen LogP contribution in [0.1, 0.15) is 121 Å². The van der Waals surface area contributed by atoms with Crippen molar-refractivity contribution < 1.29 is 9.90 Å². The minimum absolute atomic E-state index is 0.0179. The minimum Gasteiger partial charge on any atom is -0.478 e. The van der Waals surface area contributed by atoms with Gasteiger partial charge in [-0.25, -0.2) is 4.79 Å². The van der Waals surface area contributed by atoms with Crippen molar-refractivity contribution in [3.05, 3.63) is 118 Å². The van der Waals surface area contributed by atoms with Gasteiger partial charge in [0.1, 0.15) is 0 Å². The molecular weight excluding hydrogens is 637 g/mol. The van der Waals surface area contributed by atoms with Crippen LogP contribution in [0, 0.1) is 6.92 Å². The molecule has 268 valence electrons. The molecule has 2 aromatic heterocycles. The van der Waals surface area contributed by atoms with Crippen molar-refractivity contribution >= 4 is 49.6 Å². The minimum atomic E-state index is -0.928. The monoisotopic (exact) mass is 690 g/mol. The fourth-order valence-electron chi connectivity index (χ4n) is 7.70. The molecule has 0 aliphatic carbocycles. The van der Waals surface area contributed by atoms with Crippen molar-refractivity contribution in [1.82, 2.24) is 9.13 Å². The molecule has 4 heteroatoms. The predicted molar refractivity (Wildman–Crippen MR) is 222 cm³/mol. The number of carbonyl (C=O) groups is 1. The van der Waals surface area contributed by atoms with E-state index in [-0.39, 0.29) is 21.7 Å². The Morgan fingerprint density at radius 1 is 0.442 bits per heavy atom. The second-order valence-electron chi connectivity index (χ2n) is 19.1. The molecule has 4 nitrogen and oxygen atoms in total. The number of fused-ring (bicyclic) bond motifs is 6. The summed E-state index contributed by atoms with van der Waals surface area (Å²) in [6.45, 7) is 29.0. The number of hydrogen-bond acceptors (Lipinski definition) is 1. The number of hydrogen-bond donors (Lipinski definition) is 1. The maximum atomic E-state index is 12.9. The standard InChI is InChI=1S/C48H54N2O2/c1-28-22-42(49-38-18-14-29(45(2,3)4)23-34(38)35-24-30(46(5,6)7)15-19-39(35)49)43(27-33(28)44(51)52)50-40-20-16-31(47(8,9)10)25-36(40)37-26-32(48(11,12)13)17-21-41(37)50/h14-27H,1-13H3,(H,51,52). The van der Waals surface area contributed by atoms with Crippen molar-refractivity contribution in [2.45, 2.75) is 112 Å². The van der Waals surface area contributed by atoms with Gasteiger partial charge in [0, 0.05) is 21.5 Å². The van der Waals surface area contributed by atoms with Gasteiger partial charge in [0.2, 0.25) is 0 Å². The van der Waals surface area contributed by atoms with Gasteiger partial charge in [0.05, 0.1) is 39.0 Å². The van der Waals surface area contributed by atoms with Crippen LogP contribution in [0.3, 0.4) is 0 Å². The largest absolute Gasteiger partial charge is 0.478 e. The lowest BCUT2D eigenvalue weighted by Gasteiger charge is -2.21. The molecular formula is C48H54N2O2. The molecule has 0 saturated heterocycles. The predicted octanol–water partition coefficient (Wildman–Crippen LogP) is 13.1. The van der Waals surface area contributed by atoms with E-state index < -0.39 is 5.97 Å². The normalized spacial score (nSPS) is 13.2. The molecule has 0 radical (unpaired) electrons. The van der Waals surface area contributed by atoms with E-state index in [1.54, 1.807) is 0 Å². The highest BCUT2D eigenvalue weighted by Crippen LogP contribution is 2.43. The lowest BCUT2D eigenvalue weighted by molar-refractivity contribution is 0.0696. The van der Waals surface area contributed by atoms with Gasteiger partial charge in [0.25, 0.3) is 0 Å². The molecule has 0 aliphatic rings. The van der Waals surface area contributed by atoms with E-state index in [0.29, 0.717) is 5.56 Å². The van der Waals surface area contributed by atoms with Crippen LogP contribution in [0.4, 0.5) is 0 Å². The molecule has 1 N–H and O–H groups in total. The Morgan fingerprint density at radius 2 is 0.712 bits per heavy atom. The van der Waals surface area contributed by atoms with Crippen molar-refractivity contribution in [1.29, 1.82) is 0 Å². The van der Waals surface area contributed by atoms with Gasteiger partial charge in [-0.2, -0.15) is 0 Å². The summed E-state index contributed by atoms with van der Waals surface area (Å²) < 4.78 is 4.66. The van der Waals surface area contributed by atoms with Crippen molar-refractivity contribution in [3.8, 4) is 11.4 Å². The number of aromatic carboxylic acids is 1. The zero-order chi connectivity index (χ0) is 37.9. The second kappa shape index (κ2) is 11.6. The van der Waals surface area contributed by atoms with Gasteiger partial charge in [-0.15, -0.1) is 0 Å². The number of carboxylic acids is 1. The first-order valence-electron chi connectivity index (χ1n) is 18.6. The fourth-order valence-corrected chi connectivity index (χ4v) is 7.70. The van der Waals surface area contributed by atoms with Gasteiger partial charge < -0.3 is 14.2 Å². The molecule has 0 amide bonds. The Balaban J connectivity index is 1.67. The molecule has 52 heavy (non-hydrogen) atoms. The van der Waals surface area contributed by atoms with Crippen molar-refractivity contribution in [3.63, 3.8) is 0 Å². The van der Waals surface area contributed by atoms with Gasteiger partial charge in [-0.1, -0.05) is 107 Å². The van der Waals surface area contributed by atoms with Gasteiger partial charge in [-0.05, 0) is 117 Å². The SMILES string of the molecule is Cc1cc(-n2c3ccc(C(C)(C)C)cc3c3cc(C(C)(C)C)ccc32)c(-n2c3ccc(C(C)(C)C)cc3c3cc(C(C)(C)C)ccc32)cc1C(=O)O. The van der Waals surface area contributed by atoms with Gasteiger partial charge in [-0.3, -0.25) is 0 Å². The summed E-state index contributed by atoms with van der Waals surface area (Å²) in [5.41, 5.74) is 12.1. The van der Waals surface area contributed by atoms with Crippen molar-refractivity contribution in [2.24, 2.45) is 0 Å². The Kier molecular flexibility index (Phi) is 7.92. The van der Waals surface area contributed by atoms with E-state index in [9.17, 15) is 9.90 Å². The van der Waals surface area contributed by atoms with Crippen LogP contribution in [0.2, 0.25) is 0 Å². The maximum Gasteiger partial charge on any atom is 0.336 e. The number of aryl methyl sites for hydroxylation is 1. The molecule has 0 unspecified atom stereocenters. The molecule has 0 fully saturated rings. The molecule has 7 rings (SSSR count). The number of carboxylic acid groups (broad SMARTS) is 1. The van der Waals surface area contributed by atoms with Gasteiger partial charge >= 0.3 is 5.97 Å². The van der Waals surface area contributed by atoms with E-state index in [0.717, 1.165) is 39.0 Å². The Morgan fingerprint density at radius 3 is 0.962 bits per heavy atom. The lowest BCUT2D eigenvalue weighted by Crippen LogP contribution is -2.11. The van der Waals surface area contributed by atoms with E-state index >= 15 is 0 Å². The highest BCUT2D eigenvalue weighted by Gasteiger charge is 2.26. The van der Waals surface area contributed by atoms with E-state index in [1.807, 2.05) is 13.0 Å². The summed E-state index contributed by atoms with van der Waals surface area (Å²) >= 11 is 0. The third-order valence-corrected chi connectivity index (χ3v) is 11.0. The molecule has 7 aromatic rings. The highest BCUT2D eigenvalue weighted by atomic mass is 16.4. The van der Waals surface area contributed by atoms with E-state index in [4.69, 9.17) is 0 Å². The summed E-state index contributed by atoms with van der Waals surface area (Å²) in [6.07, 6.45) is 0. The Bertz CT molecular complexity index is 2440. The zero-order valence-electron chi connectivity index (χ0n) is 33.3. The molecule has 2 heterocycles. The molecule has 0 atom stereocenters. The summed E-state index contributed by atoms with van der Waals surface area (Å²) in [6, 6.07) is 31.3. The summed E-state index contributed by atoms with van der Waals surface area (Å²) in [5.74, 6) is -0.928. The molecule has 5 aromatic carbocycles. The molecule has 0 aliphatic heterocycles. The number of aromatic nitrogens is 2. The lowest BCUT2D eigenvalue weighted by atomic mass is 9.85. The van der Waals surface area contributed by atoms with Crippen LogP contribution in [-0.4, -0.2) is 20.2 Å². The topological polar surface area (TPSA) is 47.2 Å². The first-order valence-corrected chi connectivity index (χ1v) is 18.6. The maximum absolute atomic E-state index is 12.9. The van der Waals surface area contributed by atoms with Crippen LogP contribution in [0.15, 0.2) is 84.9 Å². The molecule has 0 saturated carbocycles. The molecule has 0 bridgehead atoms. The van der Waals surface area contributed by atoms with E-state index in [2.05, 4.69) is 171 Å². The summed E-state index contributed by atoms with van der Waals surface area (Å²) in [4.78, 5) is 12.9. The summed E-state index contributed by atoms with van der Waals surface area (Å²) in [7, 11) is 0. The summed E-state index contributed by atoms with van der Waals surface area (Å²) in [5, 5.41) is 15.3. The average molecular weight is 691 g/mol. The molecule has 0 spiro atoms. The van der Waals surface area contributed by atoms with Crippen molar-refractivity contribution in [2.75, 3.05) is 0 Å². The number of rotatable bonds is 3. The van der Waals surface area contributed by atoms with Crippen LogP contribution >= 0.6 is 0 Å². The smallest absolute Gasteiger partial charge is 0.336 e.